The van der Waals surface area contributed by atoms with Crippen LogP contribution >= 0.6 is 0 Å². The summed E-state index contributed by atoms with van der Waals surface area (Å²) in [4.78, 5) is 15.3. The lowest BCUT2D eigenvalue weighted by Gasteiger charge is -2.29. The molecule has 6 heteroatoms. The molecule has 0 bridgehead atoms. The van der Waals surface area contributed by atoms with E-state index in [9.17, 15) is 13.2 Å². The first kappa shape index (κ1) is 20.1. The highest BCUT2D eigenvalue weighted by Crippen LogP contribution is 2.25. The highest BCUT2D eigenvalue weighted by atomic mass is 32.2. The van der Waals surface area contributed by atoms with E-state index in [2.05, 4.69) is 12.1 Å². The zero-order valence-electron chi connectivity index (χ0n) is 16.9. The van der Waals surface area contributed by atoms with Crippen LogP contribution in [0.15, 0.2) is 47.4 Å². The molecule has 154 valence electrons. The molecule has 0 N–H and O–H groups in total. The van der Waals surface area contributed by atoms with Crippen LogP contribution in [0.2, 0.25) is 0 Å². The molecule has 0 aliphatic carbocycles. The standard InChI is InChI=1S/C23H28N2O3S/c1-18-10-11-21(29(27,28)25-13-6-2-3-7-14-25)16-22(18)23(26)24-15-12-19-8-4-5-9-20(19)17-24/h4-5,8-11,16H,2-3,6-7,12-15,17H2,1H3. The van der Waals surface area contributed by atoms with Gasteiger partial charge in [0.2, 0.25) is 10.0 Å². The van der Waals surface area contributed by atoms with Crippen LogP contribution in [0, 0.1) is 6.92 Å². The second kappa shape index (κ2) is 8.28. The van der Waals surface area contributed by atoms with Crippen molar-refractivity contribution in [3.63, 3.8) is 0 Å². The number of amides is 1. The maximum atomic E-state index is 13.3. The summed E-state index contributed by atoms with van der Waals surface area (Å²) in [6.07, 6.45) is 4.75. The number of fused-ring (bicyclic) bond motifs is 1. The number of sulfonamides is 1. The van der Waals surface area contributed by atoms with Gasteiger partial charge in [-0.25, -0.2) is 8.42 Å². The van der Waals surface area contributed by atoms with E-state index in [-0.39, 0.29) is 10.8 Å². The Morgan fingerprint density at radius 3 is 2.31 bits per heavy atom. The smallest absolute Gasteiger partial charge is 0.254 e. The zero-order valence-corrected chi connectivity index (χ0v) is 17.7. The third kappa shape index (κ3) is 4.09. The molecule has 1 fully saturated rings. The van der Waals surface area contributed by atoms with Crippen LogP contribution in [-0.2, 0) is 23.0 Å². The molecule has 2 aliphatic rings. The molecular weight excluding hydrogens is 384 g/mol. The van der Waals surface area contributed by atoms with Crippen molar-refractivity contribution in [2.75, 3.05) is 19.6 Å². The number of hydrogen-bond donors (Lipinski definition) is 0. The summed E-state index contributed by atoms with van der Waals surface area (Å²) in [7, 11) is -3.57. The van der Waals surface area contributed by atoms with Gasteiger partial charge in [0.1, 0.15) is 0 Å². The van der Waals surface area contributed by atoms with E-state index in [4.69, 9.17) is 0 Å². The molecule has 5 nitrogen and oxygen atoms in total. The molecule has 2 aromatic rings. The Morgan fingerprint density at radius 2 is 1.59 bits per heavy atom. The first-order valence-electron chi connectivity index (χ1n) is 10.4. The van der Waals surface area contributed by atoms with Gasteiger partial charge >= 0.3 is 0 Å². The van der Waals surface area contributed by atoms with E-state index >= 15 is 0 Å². The van der Waals surface area contributed by atoms with Crippen molar-refractivity contribution in [2.24, 2.45) is 0 Å². The summed E-state index contributed by atoms with van der Waals surface area (Å²) < 4.78 is 27.9. The molecule has 29 heavy (non-hydrogen) atoms. The summed E-state index contributed by atoms with van der Waals surface area (Å²) in [5.74, 6) is -0.0927. The highest BCUT2D eigenvalue weighted by Gasteiger charge is 2.28. The second-order valence-corrected chi connectivity index (χ2v) is 9.98. The molecule has 4 rings (SSSR count). The van der Waals surface area contributed by atoms with Crippen molar-refractivity contribution < 1.29 is 13.2 Å². The fraction of sp³-hybridized carbons (Fsp3) is 0.435. The Hall–Kier alpha value is -2.18. The van der Waals surface area contributed by atoms with Crippen molar-refractivity contribution >= 4 is 15.9 Å². The number of nitrogens with zero attached hydrogens (tertiary/aromatic N) is 2. The monoisotopic (exact) mass is 412 g/mol. The molecule has 2 aromatic carbocycles. The Labute approximate surface area is 173 Å². The molecule has 0 radical (unpaired) electrons. The maximum absolute atomic E-state index is 13.3. The maximum Gasteiger partial charge on any atom is 0.254 e. The third-order valence-corrected chi connectivity index (χ3v) is 7.95. The first-order valence-corrected chi connectivity index (χ1v) is 11.9. The van der Waals surface area contributed by atoms with E-state index in [1.807, 2.05) is 24.0 Å². The van der Waals surface area contributed by atoms with Crippen LogP contribution < -0.4 is 0 Å². The lowest BCUT2D eigenvalue weighted by atomic mass is 9.98. The fourth-order valence-corrected chi connectivity index (χ4v) is 5.81. The van der Waals surface area contributed by atoms with E-state index in [0.717, 1.165) is 43.2 Å². The second-order valence-electron chi connectivity index (χ2n) is 8.04. The van der Waals surface area contributed by atoms with Gasteiger partial charge in [0.05, 0.1) is 4.90 Å². The van der Waals surface area contributed by atoms with Gasteiger partial charge in [-0.2, -0.15) is 4.31 Å². The Kier molecular flexibility index (Phi) is 5.74. The zero-order chi connectivity index (χ0) is 20.4. The molecule has 0 unspecified atom stereocenters. The van der Waals surface area contributed by atoms with Crippen LogP contribution in [0.25, 0.3) is 0 Å². The van der Waals surface area contributed by atoms with Crippen LogP contribution in [0.1, 0.15) is 52.7 Å². The van der Waals surface area contributed by atoms with Crippen LogP contribution in [0.5, 0.6) is 0 Å². The van der Waals surface area contributed by atoms with Gasteiger partial charge in [0, 0.05) is 31.7 Å². The molecule has 2 aliphatic heterocycles. The van der Waals surface area contributed by atoms with Gasteiger partial charge in [0.25, 0.3) is 5.91 Å². The average molecular weight is 413 g/mol. The largest absolute Gasteiger partial charge is 0.334 e. The van der Waals surface area contributed by atoms with Crippen molar-refractivity contribution in [3.05, 3.63) is 64.7 Å². The Bertz CT molecular complexity index is 1010. The Morgan fingerprint density at radius 1 is 0.897 bits per heavy atom. The molecule has 0 atom stereocenters. The van der Waals surface area contributed by atoms with Gasteiger partial charge in [-0.05, 0) is 55.0 Å². The summed E-state index contributed by atoms with van der Waals surface area (Å²) >= 11 is 0. The molecule has 0 spiro atoms. The van der Waals surface area contributed by atoms with Gasteiger partial charge in [-0.15, -0.1) is 0 Å². The van der Waals surface area contributed by atoms with Crippen LogP contribution in [0.4, 0.5) is 0 Å². The number of aryl methyl sites for hydroxylation is 1. The topological polar surface area (TPSA) is 57.7 Å². The lowest BCUT2D eigenvalue weighted by Crippen LogP contribution is -2.36. The van der Waals surface area contributed by atoms with E-state index < -0.39 is 10.0 Å². The normalized spacial score (nSPS) is 18.2. The SMILES string of the molecule is Cc1ccc(S(=O)(=O)N2CCCCCC2)cc1C(=O)N1CCc2ccccc2C1. The molecular formula is C23H28N2O3S. The molecule has 2 heterocycles. The van der Waals surface area contributed by atoms with Crippen molar-refractivity contribution in [1.29, 1.82) is 0 Å². The predicted molar refractivity (Wildman–Crippen MR) is 113 cm³/mol. The Balaban J connectivity index is 1.61. The van der Waals surface area contributed by atoms with Gasteiger partial charge in [-0.1, -0.05) is 43.2 Å². The fourth-order valence-electron chi connectivity index (χ4n) is 4.26. The van der Waals surface area contributed by atoms with Gasteiger partial charge < -0.3 is 4.90 Å². The summed E-state index contributed by atoms with van der Waals surface area (Å²) in [6.45, 7) is 4.20. The minimum atomic E-state index is -3.57. The third-order valence-electron chi connectivity index (χ3n) is 6.06. The molecule has 1 saturated heterocycles. The number of carbonyl (C=O) groups is 1. The number of benzene rings is 2. The molecule has 1 amide bonds. The van der Waals surface area contributed by atoms with Crippen molar-refractivity contribution in [2.45, 2.75) is 50.5 Å². The molecule has 0 aromatic heterocycles. The minimum absolute atomic E-state index is 0.0927. The van der Waals surface area contributed by atoms with Crippen LogP contribution in [0.3, 0.4) is 0 Å². The van der Waals surface area contributed by atoms with Crippen LogP contribution in [-0.4, -0.2) is 43.2 Å². The quantitative estimate of drug-likeness (QED) is 0.771. The minimum Gasteiger partial charge on any atom is -0.334 e. The summed E-state index contributed by atoms with van der Waals surface area (Å²) in [5, 5.41) is 0. The van der Waals surface area contributed by atoms with Gasteiger partial charge in [0.15, 0.2) is 0 Å². The summed E-state index contributed by atoms with van der Waals surface area (Å²) in [5.41, 5.74) is 3.74. The van der Waals surface area contributed by atoms with E-state index in [1.54, 1.807) is 22.5 Å². The number of hydrogen-bond acceptors (Lipinski definition) is 3. The van der Waals surface area contributed by atoms with E-state index in [1.165, 1.54) is 5.56 Å². The van der Waals surface area contributed by atoms with Crippen molar-refractivity contribution in [1.82, 2.24) is 9.21 Å². The number of carbonyl (C=O) groups excluding carboxylic acids is 1. The highest BCUT2D eigenvalue weighted by molar-refractivity contribution is 7.89. The summed E-state index contributed by atoms with van der Waals surface area (Å²) in [6, 6.07) is 13.2. The van der Waals surface area contributed by atoms with Crippen molar-refractivity contribution in [3.8, 4) is 0 Å². The lowest BCUT2D eigenvalue weighted by molar-refractivity contribution is 0.0733. The predicted octanol–water partition coefficient (Wildman–Crippen LogP) is 3.76. The molecule has 0 saturated carbocycles. The van der Waals surface area contributed by atoms with E-state index in [0.29, 0.717) is 31.7 Å². The average Bonchev–Trinajstić information content (AvgIpc) is 3.03. The number of rotatable bonds is 3. The van der Waals surface area contributed by atoms with Gasteiger partial charge in [-0.3, -0.25) is 4.79 Å². The first-order chi connectivity index (χ1) is 14.0.